The monoisotopic (exact) mass is 383 g/mol. The molecule has 0 bridgehead atoms. The van der Waals surface area contributed by atoms with E-state index in [1.54, 1.807) is 0 Å². The smallest absolute Gasteiger partial charge is 0.192 e. The van der Waals surface area contributed by atoms with E-state index in [1.807, 2.05) is 42.3 Å². The first-order valence-corrected chi connectivity index (χ1v) is 6.38. The summed E-state index contributed by atoms with van der Waals surface area (Å²) in [5.74, 6) is 0.859. The molecule has 6 heteroatoms. The van der Waals surface area contributed by atoms with E-state index in [2.05, 4.69) is 32.9 Å². The minimum atomic E-state index is 0. The first-order chi connectivity index (χ1) is 9.31. The van der Waals surface area contributed by atoms with Gasteiger partial charge in [-0.2, -0.15) is 5.10 Å². The lowest BCUT2D eigenvalue weighted by Gasteiger charge is -2.11. The number of nitrogens with one attached hydrogen (secondary N) is 2. The second-order valence-corrected chi connectivity index (χ2v) is 4.67. The topological polar surface area (TPSA) is 54.2 Å². The Bertz CT molecular complexity index is 578. The molecular formula is C14H18IN5. The third-order valence-corrected chi connectivity index (χ3v) is 3.17. The molecule has 1 aromatic heterocycles. The van der Waals surface area contributed by atoms with Crippen LogP contribution in [0.2, 0.25) is 0 Å². The van der Waals surface area contributed by atoms with Crippen molar-refractivity contribution in [2.24, 2.45) is 12.0 Å². The van der Waals surface area contributed by atoms with Crippen molar-refractivity contribution >= 4 is 29.9 Å². The summed E-state index contributed by atoms with van der Waals surface area (Å²) < 4.78 is 1.81. The van der Waals surface area contributed by atoms with E-state index in [9.17, 15) is 0 Å². The molecule has 1 unspecified atom stereocenters. The van der Waals surface area contributed by atoms with Crippen LogP contribution in [0.1, 0.15) is 17.2 Å². The fraction of sp³-hybridized carbons (Fsp3) is 0.286. The molecule has 2 N–H and O–H groups in total. The molecule has 0 aliphatic carbocycles. The molecule has 1 atom stereocenters. The third kappa shape index (κ3) is 3.50. The minimum absolute atomic E-state index is 0. The van der Waals surface area contributed by atoms with Gasteiger partial charge in [-0.05, 0) is 5.56 Å². The highest BCUT2D eigenvalue weighted by Crippen LogP contribution is 2.15. The van der Waals surface area contributed by atoms with Crippen LogP contribution in [0.3, 0.4) is 0 Å². The van der Waals surface area contributed by atoms with Gasteiger partial charge in [0, 0.05) is 25.4 Å². The number of guanidine groups is 1. The predicted molar refractivity (Wildman–Crippen MR) is 90.1 cm³/mol. The Balaban J connectivity index is 0.00000147. The number of nitrogens with zero attached hydrogens (tertiary/aromatic N) is 3. The lowest BCUT2D eigenvalue weighted by atomic mass is 10.2. The molecule has 0 saturated carbocycles. The molecule has 106 valence electrons. The fourth-order valence-electron chi connectivity index (χ4n) is 2.14. The molecular weight excluding hydrogens is 365 g/mol. The van der Waals surface area contributed by atoms with Crippen molar-refractivity contribution < 1.29 is 0 Å². The maximum atomic E-state index is 4.48. The molecule has 20 heavy (non-hydrogen) atoms. The van der Waals surface area contributed by atoms with Gasteiger partial charge in [-0.15, -0.1) is 24.0 Å². The lowest BCUT2D eigenvalue weighted by Crippen LogP contribution is -2.34. The van der Waals surface area contributed by atoms with E-state index in [4.69, 9.17) is 0 Å². The van der Waals surface area contributed by atoms with Crippen LogP contribution in [0.5, 0.6) is 0 Å². The van der Waals surface area contributed by atoms with Crippen molar-refractivity contribution in [1.29, 1.82) is 0 Å². The normalized spacial score (nSPS) is 17.1. The molecule has 0 radical (unpaired) electrons. The summed E-state index contributed by atoms with van der Waals surface area (Å²) in [6, 6.07) is 10.5. The summed E-state index contributed by atoms with van der Waals surface area (Å²) in [4.78, 5) is 4.48. The van der Waals surface area contributed by atoms with Gasteiger partial charge >= 0.3 is 0 Å². The Hall–Kier alpha value is -1.57. The van der Waals surface area contributed by atoms with E-state index in [1.165, 1.54) is 11.1 Å². The van der Waals surface area contributed by atoms with Crippen LogP contribution in [0, 0.1) is 0 Å². The predicted octanol–water partition coefficient (Wildman–Crippen LogP) is 1.83. The van der Waals surface area contributed by atoms with Gasteiger partial charge in [-0.25, -0.2) is 0 Å². The quantitative estimate of drug-likeness (QED) is 0.796. The summed E-state index contributed by atoms with van der Waals surface area (Å²) in [7, 11) is 1.92. The van der Waals surface area contributed by atoms with Crippen LogP contribution in [0.25, 0.3) is 0 Å². The van der Waals surface area contributed by atoms with E-state index in [0.717, 1.165) is 19.0 Å². The van der Waals surface area contributed by atoms with Gasteiger partial charge in [-0.1, -0.05) is 30.3 Å². The van der Waals surface area contributed by atoms with E-state index in [0.29, 0.717) is 0 Å². The summed E-state index contributed by atoms with van der Waals surface area (Å²) in [5, 5.41) is 10.9. The molecule has 3 rings (SSSR count). The molecule has 2 heterocycles. The summed E-state index contributed by atoms with van der Waals surface area (Å²) >= 11 is 0. The van der Waals surface area contributed by atoms with Crippen molar-refractivity contribution in [3.8, 4) is 0 Å². The molecule has 1 aliphatic heterocycles. The highest BCUT2D eigenvalue weighted by molar-refractivity contribution is 14.0. The highest BCUT2D eigenvalue weighted by Gasteiger charge is 2.19. The van der Waals surface area contributed by atoms with Crippen molar-refractivity contribution in [3.05, 3.63) is 53.9 Å². The van der Waals surface area contributed by atoms with Crippen molar-refractivity contribution in [2.45, 2.75) is 12.6 Å². The van der Waals surface area contributed by atoms with E-state index in [-0.39, 0.29) is 30.0 Å². The lowest BCUT2D eigenvalue weighted by molar-refractivity contribution is 0.695. The van der Waals surface area contributed by atoms with Gasteiger partial charge in [0.15, 0.2) is 5.96 Å². The molecule has 5 nitrogen and oxygen atoms in total. The first kappa shape index (κ1) is 14.8. The van der Waals surface area contributed by atoms with Gasteiger partial charge in [0.25, 0.3) is 0 Å². The van der Waals surface area contributed by atoms with Crippen LogP contribution in [-0.2, 0) is 13.6 Å². The molecule has 0 fully saturated rings. The number of benzene rings is 1. The van der Waals surface area contributed by atoms with Gasteiger partial charge in [0.05, 0.1) is 18.8 Å². The number of hydrogen-bond donors (Lipinski definition) is 2. The van der Waals surface area contributed by atoms with Crippen LogP contribution < -0.4 is 10.6 Å². The average Bonchev–Trinajstić information content (AvgIpc) is 3.06. The zero-order valence-electron chi connectivity index (χ0n) is 11.3. The van der Waals surface area contributed by atoms with Crippen LogP contribution in [-0.4, -0.2) is 22.3 Å². The molecule has 0 saturated heterocycles. The Morgan fingerprint density at radius 1 is 1.35 bits per heavy atom. The number of rotatable bonds is 3. The van der Waals surface area contributed by atoms with Crippen LogP contribution in [0.15, 0.2) is 47.7 Å². The molecule has 0 spiro atoms. The van der Waals surface area contributed by atoms with Gasteiger partial charge in [-0.3, -0.25) is 9.67 Å². The third-order valence-electron chi connectivity index (χ3n) is 3.17. The fourth-order valence-corrected chi connectivity index (χ4v) is 2.14. The zero-order chi connectivity index (χ0) is 13.1. The Labute approximate surface area is 135 Å². The number of aryl methyl sites for hydroxylation is 1. The second-order valence-electron chi connectivity index (χ2n) is 4.67. The minimum Gasteiger partial charge on any atom is -0.352 e. The maximum absolute atomic E-state index is 4.48. The van der Waals surface area contributed by atoms with Gasteiger partial charge in [0.1, 0.15) is 0 Å². The first-order valence-electron chi connectivity index (χ1n) is 6.38. The second kappa shape index (κ2) is 6.74. The number of aromatic nitrogens is 2. The largest absolute Gasteiger partial charge is 0.352 e. The number of hydrogen-bond acceptors (Lipinski definition) is 4. The summed E-state index contributed by atoms with van der Waals surface area (Å²) in [6.45, 7) is 1.54. The Morgan fingerprint density at radius 2 is 2.15 bits per heavy atom. The van der Waals surface area contributed by atoms with Crippen LogP contribution in [0.4, 0.5) is 0 Å². The standard InChI is InChI=1S/C14H17N5.HI/c1-19-10-12(8-17-19)13-9-16-14(18-13)15-7-11-5-3-2-4-6-11;/h2-6,8,10,13H,7,9H2,1H3,(H2,15,16,18);1H. The Morgan fingerprint density at radius 3 is 2.85 bits per heavy atom. The van der Waals surface area contributed by atoms with Crippen molar-refractivity contribution in [1.82, 2.24) is 20.4 Å². The van der Waals surface area contributed by atoms with E-state index >= 15 is 0 Å². The zero-order valence-corrected chi connectivity index (χ0v) is 13.6. The average molecular weight is 383 g/mol. The van der Waals surface area contributed by atoms with E-state index < -0.39 is 0 Å². The van der Waals surface area contributed by atoms with Gasteiger partial charge < -0.3 is 10.6 Å². The molecule has 1 aromatic carbocycles. The number of halogens is 1. The molecule has 1 aliphatic rings. The SMILES string of the molecule is Cn1cc(C2CN=C(NCc3ccccc3)N2)cn1.I. The molecule has 0 amide bonds. The van der Waals surface area contributed by atoms with Crippen molar-refractivity contribution in [3.63, 3.8) is 0 Å². The van der Waals surface area contributed by atoms with Crippen molar-refractivity contribution in [2.75, 3.05) is 6.54 Å². The van der Waals surface area contributed by atoms with Gasteiger partial charge in [0.2, 0.25) is 0 Å². The molecule has 2 aromatic rings. The summed E-state index contributed by atoms with van der Waals surface area (Å²) in [5.41, 5.74) is 2.42. The van der Waals surface area contributed by atoms with Crippen LogP contribution >= 0.6 is 24.0 Å². The Kier molecular flexibility index (Phi) is 4.99. The summed E-state index contributed by atoms with van der Waals surface area (Å²) in [6.07, 6.45) is 3.90. The maximum Gasteiger partial charge on any atom is 0.192 e. The highest BCUT2D eigenvalue weighted by atomic mass is 127. The number of aliphatic imine (C=N–C) groups is 1.